The highest BCUT2D eigenvalue weighted by molar-refractivity contribution is 5.90. The van der Waals surface area contributed by atoms with Crippen LogP contribution in [0.4, 0.5) is 5.69 Å². The van der Waals surface area contributed by atoms with Crippen LogP contribution < -0.4 is 10.8 Å². The second-order valence-electron chi connectivity index (χ2n) is 5.32. The largest absolute Gasteiger partial charge is 0.381 e. The summed E-state index contributed by atoms with van der Waals surface area (Å²) in [5.41, 5.74) is 5.59. The molecule has 3 aromatic rings. The smallest absolute Gasteiger partial charge is 0.267 e. The van der Waals surface area contributed by atoms with Gasteiger partial charge in [0.15, 0.2) is 0 Å². The Morgan fingerprint density at radius 1 is 1.12 bits per heavy atom. The molecule has 0 fully saturated rings. The molecule has 0 spiro atoms. The normalized spacial score (nSPS) is 10.9. The lowest BCUT2D eigenvalue weighted by atomic mass is 10.1. The third-order valence-corrected chi connectivity index (χ3v) is 3.62. The number of fused-ring (bicyclic) bond motifs is 1. The number of amides is 1. The Bertz CT molecular complexity index is 873. The lowest BCUT2D eigenvalue weighted by Crippen LogP contribution is -2.14. The summed E-state index contributed by atoms with van der Waals surface area (Å²) in [6, 6.07) is 17.9. The number of nitrogens with zero attached hydrogens (tertiary/aromatic N) is 1. The van der Waals surface area contributed by atoms with Crippen LogP contribution in [0, 0.1) is 0 Å². The van der Waals surface area contributed by atoms with E-state index in [-0.39, 0.29) is 0 Å². The molecule has 0 unspecified atom stereocenters. The van der Waals surface area contributed by atoms with Crippen LogP contribution in [-0.2, 0) is 11.3 Å². The Labute approximate surface area is 139 Å². The molecule has 2 aromatic carbocycles. The molecule has 0 aliphatic heterocycles. The number of anilines is 1. The van der Waals surface area contributed by atoms with Crippen molar-refractivity contribution in [2.75, 3.05) is 5.32 Å². The molecule has 120 valence electrons. The maximum Gasteiger partial charge on any atom is 0.267 e. The van der Waals surface area contributed by atoms with Crippen molar-refractivity contribution in [2.45, 2.75) is 6.54 Å². The topological polar surface area (TPSA) is 74.2 Å². The molecular formula is C19H17N3O2. The second kappa shape index (κ2) is 7.39. The summed E-state index contributed by atoms with van der Waals surface area (Å²) in [5.74, 6) is -0.550. The summed E-state index contributed by atoms with van der Waals surface area (Å²) in [5, 5.41) is 12.9. The summed E-state index contributed by atoms with van der Waals surface area (Å²) >= 11 is 0. The van der Waals surface area contributed by atoms with E-state index in [1.54, 1.807) is 17.8 Å². The molecular weight excluding hydrogens is 302 g/mol. The van der Waals surface area contributed by atoms with Crippen LogP contribution in [0.15, 0.2) is 66.9 Å². The minimum absolute atomic E-state index is 0.550. The fourth-order valence-corrected chi connectivity index (χ4v) is 2.35. The molecule has 0 saturated carbocycles. The maximum absolute atomic E-state index is 10.9. The van der Waals surface area contributed by atoms with Gasteiger partial charge in [-0.2, -0.15) is 0 Å². The Kier molecular flexibility index (Phi) is 4.84. The molecule has 1 aromatic heterocycles. The number of carbonyl (C=O) groups excluding carboxylic acids is 1. The van der Waals surface area contributed by atoms with E-state index in [0.717, 1.165) is 27.7 Å². The van der Waals surface area contributed by atoms with E-state index in [1.165, 1.54) is 6.08 Å². The number of nitrogens with one attached hydrogen (secondary N) is 2. The number of hydrogen-bond acceptors (Lipinski definition) is 4. The molecule has 5 nitrogen and oxygen atoms in total. The second-order valence-corrected chi connectivity index (χ2v) is 5.32. The van der Waals surface area contributed by atoms with Gasteiger partial charge in [0.2, 0.25) is 0 Å². The van der Waals surface area contributed by atoms with Gasteiger partial charge < -0.3 is 5.32 Å². The van der Waals surface area contributed by atoms with Gasteiger partial charge in [-0.1, -0.05) is 30.3 Å². The molecule has 0 aliphatic rings. The van der Waals surface area contributed by atoms with E-state index in [1.807, 2.05) is 48.5 Å². The third kappa shape index (κ3) is 3.97. The molecule has 0 atom stereocenters. The SMILES string of the molecule is O=C(/C=C/c1ccc(CNc2ccc3ncccc3c2)cc1)NO. The van der Waals surface area contributed by atoms with Crippen LogP contribution in [0.2, 0.25) is 0 Å². The first-order valence-corrected chi connectivity index (χ1v) is 7.54. The van der Waals surface area contributed by atoms with Crippen molar-refractivity contribution in [3.63, 3.8) is 0 Å². The molecule has 3 rings (SSSR count). The summed E-state index contributed by atoms with van der Waals surface area (Å²) in [4.78, 5) is 15.3. The number of hydroxylamine groups is 1. The van der Waals surface area contributed by atoms with Gasteiger partial charge in [0, 0.05) is 29.9 Å². The van der Waals surface area contributed by atoms with Crippen LogP contribution in [-0.4, -0.2) is 16.1 Å². The molecule has 0 aliphatic carbocycles. The first-order chi connectivity index (χ1) is 11.7. The van der Waals surface area contributed by atoms with E-state index in [0.29, 0.717) is 6.54 Å². The van der Waals surface area contributed by atoms with Crippen molar-refractivity contribution in [2.24, 2.45) is 0 Å². The van der Waals surface area contributed by atoms with Crippen molar-refractivity contribution in [3.05, 3.63) is 78.0 Å². The van der Waals surface area contributed by atoms with Crippen molar-refractivity contribution >= 4 is 28.6 Å². The summed E-state index contributed by atoms with van der Waals surface area (Å²) < 4.78 is 0. The molecule has 3 N–H and O–H groups in total. The fourth-order valence-electron chi connectivity index (χ4n) is 2.35. The summed E-state index contributed by atoms with van der Waals surface area (Å²) in [6.07, 6.45) is 4.70. The van der Waals surface area contributed by atoms with Crippen molar-refractivity contribution in [1.29, 1.82) is 0 Å². The highest BCUT2D eigenvalue weighted by Gasteiger charge is 1.98. The Morgan fingerprint density at radius 3 is 2.75 bits per heavy atom. The van der Waals surface area contributed by atoms with Crippen LogP contribution in [0.25, 0.3) is 17.0 Å². The number of pyridine rings is 1. The highest BCUT2D eigenvalue weighted by atomic mass is 16.5. The quantitative estimate of drug-likeness (QED) is 0.383. The van der Waals surface area contributed by atoms with Crippen LogP contribution in [0.3, 0.4) is 0 Å². The predicted molar refractivity (Wildman–Crippen MR) is 94.5 cm³/mol. The minimum atomic E-state index is -0.550. The highest BCUT2D eigenvalue weighted by Crippen LogP contribution is 2.18. The standard InChI is InChI=1S/C19H17N3O2/c23-19(22-24)10-7-14-3-5-15(6-4-14)13-21-17-8-9-18-16(12-17)2-1-11-20-18/h1-12,21,24H,13H2,(H,22,23)/b10-7+. The Balaban J connectivity index is 1.63. The van der Waals surface area contributed by atoms with Gasteiger partial charge in [-0.25, -0.2) is 5.48 Å². The summed E-state index contributed by atoms with van der Waals surface area (Å²) in [6.45, 7) is 0.701. The van der Waals surface area contributed by atoms with Crippen LogP contribution in [0.5, 0.6) is 0 Å². The summed E-state index contributed by atoms with van der Waals surface area (Å²) in [7, 11) is 0. The van der Waals surface area contributed by atoms with Gasteiger partial charge >= 0.3 is 0 Å². The molecule has 1 amide bonds. The van der Waals surface area contributed by atoms with Gasteiger partial charge in [-0.05, 0) is 41.5 Å². The number of benzene rings is 2. The first-order valence-electron chi connectivity index (χ1n) is 7.54. The lowest BCUT2D eigenvalue weighted by molar-refractivity contribution is -0.124. The average molecular weight is 319 g/mol. The molecule has 0 saturated heterocycles. The van der Waals surface area contributed by atoms with E-state index in [2.05, 4.69) is 16.4 Å². The zero-order chi connectivity index (χ0) is 16.8. The zero-order valence-electron chi connectivity index (χ0n) is 12.9. The van der Waals surface area contributed by atoms with E-state index in [4.69, 9.17) is 5.21 Å². The third-order valence-electron chi connectivity index (χ3n) is 3.62. The molecule has 5 heteroatoms. The number of aromatic nitrogens is 1. The van der Waals surface area contributed by atoms with Crippen LogP contribution >= 0.6 is 0 Å². The zero-order valence-corrected chi connectivity index (χ0v) is 12.9. The minimum Gasteiger partial charge on any atom is -0.381 e. The van der Waals surface area contributed by atoms with Gasteiger partial charge in [-0.3, -0.25) is 15.0 Å². The van der Waals surface area contributed by atoms with E-state index in [9.17, 15) is 4.79 Å². The van der Waals surface area contributed by atoms with Crippen molar-refractivity contribution in [1.82, 2.24) is 10.5 Å². The number of carbonyl (C=O) groups is 1. The van der Waals surface area contributed by atoms with Crippen LogP contribution in [0.1, 0.15) is 11.1 Å². The first kappa shape index (κ1) is 15.7. The average Bonchev–Trinajstić information content (AvgIpc) is 2.65. The van der Waals surface area contributed by atoms with Gasteiger partial charge in [0.25, 0.3) is 5.91 Å². The monoisotopic (exact) mass is 319 g/mol. The molecule has 0 bridgehead atoms. The molecule has 0 radical (unpaired) electrons. The molecule has 1 heterocycles. The van der Waals surface area contributed by atoms with Crippen molar-refractivity contribution in [3.8, 4) is 0 Å². The maximum atomic E-state index is 10.9. The van der Waals surface area contributed by atoms with Crippen molar-refractivity contribution < 1.29 is 10.0 Å². The fraction of sp³-hybridized carbons (Fsp3) is 0.0526. The molecule has 24 heavy (non-hydrogen) atoms. The number of rotatable bonds is 5. The van der Waals surface area contributed by atoms with Gasteiger partial charge in [0.1, 0.15) is 0 Å². The van der Waals surface area contributed by atoms with E-state index >= 15 is 0 Å². The number of hydrogen-bond donors (Lipinski definition) is 3. The Hall–Kier alpha value is -3.18. The lowest BCUT2D eigenvalue weighted by Gasteiger charge is -2.08. The van der Waals surface area contributed by atoms with Gasteiger partial charge in [-0.15, -0.1) is 0 Å². The Morgan fingerprint density at radius 2 is 1.96 bits per heavy atom. The van der Waals surface area contributed by atoms with Gasteiger partial charge in [0.05, 0.1) is 5.52 Å². The van der Waals surface area contributed by atoms with E-state index < -0.39 is 5.91 Å². The predicted octanol–water partition coefficient (Wildman–Crippen LogP) is 3.37.